The third-order valence-electron chi connectivity index (χ3n) is 4.58. The maximum atomic E-state index is 12.3. The highest BCUT2D eigenvalue weighted by molar-refractivity contribution is 5.93. The Morgan fingerprint density at radius 1 is 1.04 bits per heavy atom. The molecule has 0 N–H and O–H groups in total. The van der Waals surface area contributed by atoms with Crippen LogP contribution in [0.25, 0.3) is 0 Å². The van der Waals surface area contributed by atoms with E-state index in [0.29, 0.717) is 31.7 Å². The van der Waals surface area contributed by atoms with E-state index in [1.807, 2.05) is 25.1 Å². The lowest BCUT2D eigenvalue weighted by molar-refractivity contribution is -0.136. The number of amides is 2. The quantitative estimate of drug-likeness (QED) is 0.725. The minimum atomic E-state index is -0.538. The van der Waals surface area contributed by atoms with Crippen LogP contribution in [0.15, 0.2) is 47.1 Å². The highest BCUT2D eigenvalue weighted by Gasteiger charge is 2.26. The summed E-state index contributed by atoms with van der Waals surface area (Å²) >= 11 is 0. The van der Waals surface area contributed by atoms with Crippen LogP contribution >= 0.6 is 0 Å². The Kier molecular flexibility index (Phi) is 5.98. The van der Waals surface area contributed by atoms with Gasteiger partial charge in [-0.1, -0.05) is 6.07 Å². The van der Waals surface area contributed by atoms with E-state index < -0.39 is 5.97 Å². The van der Waals surface area contributed by atoms with Gasteiger partial charge in [0.2, 0.25) is 0 Å². The van der Waals surface area contributed by atoms with E-state index >= 15 is 0 Å². The van der Waals surface area contributed by atoms with E-state index in [1.165, 1.54) is 6.26 Å². The number of piperazine rings is 1. The van der Waals surface area contributed by atoms with Crippen molar-refractivity contribution in [3.63, 3.8) is 0 Å². The van der Waals surface area contributed by atoms with Gasteiger partial charge in [-0.15, -0.1) is 0 Å². The van der Waals surface area contributed by atoms with Crippen molar-refractivity contribution in [2.75, 3.05) is 51.8 Å². The van der Waals surface area contributed by atoms with Crippen molar-refractivity contribution in [2.45, 2.75) is 0 Å². The van der Waals surface area contributed by atoms with Gasteiger partial charge in [-0.3, -0.25) is 9.59 Å². The number of furan rings is 1. The van der Waals surface area contributed by atoms with E-state index in [4.69, 9.17) is 9.15 Å². The lowest BCUT2D eigenvalue weighted by atomic mass is 10.2. The molecule has 1 aliphatic rings. The Bertz CT molecular complexity index is 839. The molecular formula is C20H23N3O5. The molecule has 3 rings (SSSR count). The molecule has 2 amide bonds. The van der Waals surface area contributed by atoms with Crippen LogP contribution in [0.3, 0.4) is 0 Å². The van der Waals surface area contributed by atoms with E-state index in [2.05, 4.69) is 0 Å². The summed E-state index contributed by atoms with van der Waals surface area (Å²) in [5, 5.41) is 0. The Morgan fingerprint density at radius 3 is 2.39 bits per heavy atom. The SMILES string of the molecule is CN(C)c1cccc(C(=O)OCC(=O)N2CCN(C(=O)c3ccco3)CC2)c1. The molecule has 0 bridgehead atoms. The molecule has 2 aromatic rings. The van der Waals surface area contributed by atoms with Gasteiger partial charge < -0.3 is 23.9 Å². The molecule has 1 fully saturated rings. The monoisotopic (exact) mass is 385 g/mol. The minimum absolute atomic E-state index is 0.190. The fourth-order valence-corrected chi connectivity index (χ4v) is 2.93. The predicted octanol–water partition coefficient (Wildman–Crippen LogP) is 1.49. The first-order valence-corrected chi connectivity index (χ1v) is 9.01. The van der Waals surface area contributed by atoms with Gasteiger partial charge in [0.1, 0.15) is 0 Å². The topological polar surface area (TPSA) is 83.3 Å². The smallest absolute Gasteiger partial charge is 0.338 e. The van der Waals surface area contributed by atoms with Crippen LogP contribution in [0.1, 0.15) is 20.9 Å². The van der Waals surface area contributed by atoms with Crippen LogP contribution in [-0.4, -0.2) is 74.5 Å². The molecule has 1 aromatic heterocycles. The number of hydrogen-bond acceptors (Lipinski definition) is 6. The standard InChI is InChI=1S/C20H23N3O5/c1-21(2)16-6-3-5-15(13-16)20(26)28-14-18(24)22-8-10-23(11-9-22)19(25)17-7-4-12-27-17/h3-7,12-13H,8-11,14H2,1-2H3. The summed E-state index contributed by atoms with van der Waals surface area (Å²) in [6.45, 7) is 1.27. The molecule has 0 unspecified atom stereocenters. The van der Waals surface area contributed by atoms with Gasteiger partial charge in [0.15, 0.2) is 12.4 Å². The number of carbonyl (C=O) groups is 3. The highest BCUT2D eigenvalue weighted by atomic mass is 16.5. The largest absolute Gasteiger partial charge is 0.459 e. The molecule has 1 saturated heterocycles. The lowest BCUT2D eigenvalue weighted by Gasteiger charge is -2.34. The normalized spacial score (nSPS) is 13.9. The molecular weight excluding hydrogens is 362 g/mol. The summed E-state index contributed by atoms with van der Waals surface area (Å²) in [5.74, 6) is -0.719. The third kappa shape index (κ3) is 4.51. The summed E-state index contributed by atoms with van der Waals surface area (Å²) < 4.78 is 10.3. The van der Waals surface area contributed by atoms with Crippen LogP contribution in [0, 0.1) is 0 Å². The van der Waals surface area contributed by atoms with E-state index in [-0.39, 0.29) is 24.2 Å². The molecule has 0 radical (unpaired) electrons. The molecule has 0 atom stereocenters. The van der Waals surface area contributed by atoms with Crippen LogP contribution in [0.4, 0.5) is 5.69 Å². The van der Waals surface area contributed by atoms with Crippen LogP contribution in [0.5, 0.6) is 0 Å². The summed E-state index contributed by atoms with van der Waals surface area (Å²) in [6.07, 6.45) is 1.45. The zero-order valence-corrected chi connectivity index (χ0v) is 16.0. The molecule has 0 spiro atoms. The number of rotatable bonds is 5. The van der Waals surface area contributed by atoms with Crippen LogP contribution < -0.4 is 4.90 Å². The molecule has 148 valence electrons. The van der Waals surface area contributed by atoms with Gasteiger partial charge in [-0.2, -0.15) is 0 Å². The summed E-state index contributed by atoms with van der Waals surface area (Å²) in [6, 6.07) is 10.3. The highest BCUT2D eigenvalue weighted by Crippen LogP contribution is 2.14. The van der Waals surface area contributed by atoms with E-state index in [0.717, 1.165) is 5.69 Å². The number of ether oxygens (including phenoxy) is 1. The third-order valence-corrected chi connectivity index (χ3v) is 4.58. The summed E-state index contributed by atoms with van der Waals surface area (Å²) in [4.78, 5) is 41.9. The second kappa shape index (κ2) is 8.60. The van der Waals surface area contributed by atoms with Gasteiger partial charge in [0, 0.05) is 46.0 Å². The van der Waals surface area contributed by atoms with Crippen molar-refractivity contribution < 1.29 is 23.5 Å². The number of anilines is 1. The number of nitrogens with zero attached hydrogens (tertiary/aromatic N) is 3. The average molecular weight is 385 g/mol. The molecule has 1 aromatic carbocycles. The summed E-state index contributed by atoms with van der Waals surface area (Å²) in [7, 11) is 3.76. The summed E-state index contributed by atoms with van der Waals surface area (Å²) in [5.41, 5.74) is 1.27. The Hall–Kier alpha value is -3.29. The Morgan fingerprint density at radius 2 is 1.75 bits per heavy atom. The Balaban J connectivity index is 1.47. The molecule has 8 nitrogen and oxygen atoms in total. The van der Waals surface area contributed by atoms with Crippen molar-refractivity contribution in [3.05, 3.63) is 54.0 Å². The molecule has 2 heterocycles. The van der Waals surface area contributed by atoms with E-state index in [1.54, 1.807) is 40.1 Å². The zero-order chi connectivity index (χ0) is 20.1. The molecule has 1 aliphatic heterocycles. The van der Waals surface area contributed by atoms with E-state index in [9.17, 15) is 14.4 Å². The van der Waals surface area contributed by atoms with Gasteiger partial charge >= 0.3 is 5.97 Å². The fourth-order valence-electron chi connectivity index (χ4n) is 2.93. The molecule has 0 saturated carbocycles. The van der Waals surface area contributed by atoms with Crippen molar-refractivity contribution in [1.82, 2.24) is 9.80 Å². The number of esters is 1. The molecule has 8 heteroatoms. The second-order valence-corrected chi connectivity index (χ2v) is 6.67. The minimum Gasteiger partial charge on any atom is -0.459 e. The number of benzene rings is 1. The van der Waals surface area contributed by atoms with Crippen molar-refractivity contribution in [2.24, 2.45) is 0 Å². The number of carbonyl (C=O) groups excluding carboxylic acids is 3. The predicted molar refractivity (Wildman–Crippen MR) is 102 cm³/mol. The van der Waals surface area contributed by atoms with Gasteiger partial charge in [-0.05, 0) is 30.3 Å². The first-order chi connectivity index (χ1) is 13.5. The van der Waals surface area contributed by atoms with Crippen LogP contribution in [0.2, 0.25) is 0 Å². The Labute approximate surface area is 163 Å². The molecule has 0 aliphatic carbocycles. The first-order valence-electron chi connectivity index (χ1n) is 9.01. The molecule has 28 heavy (non-hydrogen) atoms. The van der Waals surface area contributed by atoms with Gasteiger partial charge in [0.25, 0.3) is 11.8 Å². The maximum Gasteiger partial charge on any atom is 0.338 e. The van der Waals surface area contributed by atoms with Gasteiger partial charge in [0.05, 0.1) is 11.8 Å². The van der Waals surface area contributed by atoms with Crippen molar-refractivity contribution in [1.29, 1.82) is 0 Å². The van der Waals surface area contributed by atoms with Crippen molar-refractivity contribution >= 4 is 23.5 Å². The lowest BCUT2D eigenvalue weighted by Crippen LogP contribution is -2.51. The first kappa shape index (κ1) is 19.5. The second-order valence-electron chi connectivity index (χ2n) is 6.67. The average Bonchev–Trinajstić information content (AvgIpc) is 3.26. The van der Waals surface area contributed by atoms with Crippen LogP contribution in [-0.2, 0) is 9.53 Å². The number of hydrogen-bond donors (Lipinski definition) is 0. The van der Waals surface area contributed by atoms with Gasteiger partial charge in [-0.25, -0.2) is 4.79 Å². The maximum absolute atomic E-state index is 12.3. The zero-order valence-electron chi connectivity index (χ0n) is 16.0. The fraction of sp³-hybridized carbons (Fsp3) is 0.350. The van der Waals surface area contributed by atoms with Crippen molar-refractivity contribution in [3.8, 4) is 0 Å².